The smallest absolute Gasteiger partial charge is 0.262 e. The van der Waals surface area contributed by atoms with Crippen LogP contribution in [0.15, 0.2) is 6.33 Å². The second-order valence-electron chi connectivity index (χ2n) is 3.43. The third-order valence-electron chi connectivity index (χ3n) is 2.12. The highest BCUT2D eigenvalue weighted by Gasteiger charge is 2.16. The summed E-state index contributed by atoms with van der Waals surface area (Å²) in [5.41, 5.74) is 0. The molecule has 0 unspecified atom stereocenters. The van der Waals surface area contributed by atoms with Crippen LogP contribution in [0, 0.1) is 0 Å². The van der Waals surface area contributed by atoms with Gasteiger partial charge in [-0.15, -0.1) is 0 Å². The van der Waals surface area contributed by atoms with Crippen molar-refractivity contribution in [3.05, 3.63) is 12.2 Å². The molecule has 0 aliphatic rings. The van der Waals surface area contributed by atoms with Crippen LogP contribution in [0.2, 0.25) is 0 Å². The molecule has 1 rings (SSSR count). The van der Waals surface area contributed by atoms with Gasteiger partial charge in [0.1, 0.15) is 12.2 Å². The zero-order chi connectivity index (χ0) is 12.0. The summed E-state index contributed by atoms with van der Waals surface area (Å²) in [5.74, 6) is 0.493. The maximum absolute atomic E-state index is 11.7. The minimum absolute atomic E-state index is 0.124. The van der Waals surface area contributed by atoms with E-state index in [1.54, 1.807) is 7.05 Å². The maximum atomic E-state index is 11.7. The van der Waals surface area contributed by atoms with Crippen LogP contribution in [0.5, 0.6) is 0 Å². The molecular formula is C8H17N5O2S. The van der Waals surface area contributed by atoms with Crippen LogP contribution in [0.1, 0.15) is 25.6 Å². The Morgan fingerprint density at radius 1 is 1.56 bits per heavy atom. The van der Waals surface area contributed by atoms with Crippen LogP contribution in [0.25, 0.3) is 0 Å². The first kappa shape index (κ1) is 13.1. The number of nitrogens with zero attached hydrogens (tertiary/aromatic N) is 3. The van der Waals surface area contributed by atoms with Gasteiger partial charge >= 0.3 is 0 Å². The second kappa shape index (κ2) is 5.92. The first-order chi connectivity index (χ1) is 7.56. The summed E-state index contributed by atoms with van der Waals surface area (Å²) in [6.07, 6.45) is 3.14. The Bertz CT molecular complexity index is 389. The molecule has 1 heterocycles. The Labute approximate surface area is 95.4 Å². The Kier molecular flexibility index (Phi) is 4.84. The van der Waals surface area contributed by atoms with Crippen molar-refractivity contribution in [2.45, 2.75) is 26.3 Å². The van der Waals surface area contributed by atoms with Crippen LogP contribution in [-0.4, -0.2) is 41.5 Å². The van der Waals surface area contributed by atoms with Gasteiger partial charge in [-0.25, -0.2) is 4.98 Å². The average molecular weight is 247 g/mol. The first-order valence-corrected chi connectivity index (χ1v) is 6.55. The number of H-pyrrole nitrogens is 1. The fraction of sp³-hybridized carbons (Fsp3) is 0.750. The molecule has 1 aromatic rings. The molecule has 8 heteroatoms. The van der Waals surface area contributed by atoms with Gasteiger partial charge in [0.15, 0.2) is 0 Å². The molecule has 92 valence electrons. The third kappa shape index (κ3) is 3.87. The van der Waals surface area contributed by atoms with Crippen molar-refractivity contribution in [1.29, 1.82) is 0 Å². The van der Waals surface area contributed by atoms with Crippen LogP contribution in [0.4, 0.5) is 0 Å². The van der Waals surface area contributed by atoms with Crippen molar-refractivity contribution in [2.24, 2.45) is 0 Å². The van der Waals surface area contributed by atoms with Gasteiger partial charge in [0, 0.05) is 13.6 Å². The average Bonchev–Trinajstić information content (AvgIpc) is 2.76. The van der Waals surface area contributed by atoms with Gasteiger partial charge in [0.2, 0.25) is 0 Å². The van der Waals surface area contributed by atoms with E-state index < -0.39 is 10.2 Å². The van der Waals surface area contributed by atoms with Crippen molar-refractivity contribution >= 4 is 10.2 Å². The molecule has 0 saturated carbocycles. The summed E-state index contributed by atoms with van der Waals surface area (Å²) >= 11 is 0. The molecule has 16 heavy (non-hydrogen) atoms. The molecule has 0 spiro atoms. The van der Waals surface area contributed by atoms with Crippen LogP contribution < -0.4 is 4.72 Å². The predicted octanol–water partition coefficient (Wildman–Crippen LogP) is -0.129. The summed E-state index contributed by atoms with van der Waals surface area (Å²) in [5, 5.41) is 6.22. The van der Waals surface area contributed by atoms with Crippen LogP contribution in [-0.2, 0) is 16.8 Å². The van der Waals surface area contributed by atoms with Gasteiger partial charge in [0.05, 0.1) is 6.54 Å². The lowest BCUT2D eigenvalue weighted by atomic mass is 10.3. The molecular weight excluding hydrogens is 230 g/mol. The van der Waals surface area contributed by atoms with E-state index in [-0.39, 0.29) is 6.54 Å². The number of aromatic amines is 1. The Balaban J connectivity index is 2.45. The molecule has 2 N–H and O–H groups in total. The number of unbranched alkanes of at least 4 members (excludes halogenated alkanes) is 1. The standard InChI is InChI=1S/C8H17N5O2S/c1-3-4-5-13(2)16(14,15)11-6-8-9-7-10-12-8/h7,11H,3-6H2,1-2H3,(H,9,10,12). The molecule has 0 radical (unpaired) electrons. The zero-order valence-electron chi connectivity index (χ0n) is 9.47. The molecule has 0 aromatic carbocycles. The molecule has 0 aliphatic heterocycles. The van der Waals surface area contributed by atoms with Crippen molar-refractivity contribution in [2.75, 3.05) is 13.6 Å². The molecule has 0 bridgehead atoms. The van der Waals surface area contributed by atoms with Gasteiger partial charge in [0.25, 0.3) is 10.2 Å². The molecule has 0 saturated heterocycles. The minimum Gasteiger partial charge on any atom is -0.262 e. The van der Waals surface area contributed by atoms with E-state index in [4.69, 9.17) is 0 Å². The van der Waals surface area contributed by atoms with Gasteiger partial charge in [-0.3, -0.25) is 5.10 Å². The Hall–Kier alpha value is -0.990. The maximum Gasteiger partial charge on any atom is 0.279 e. The van der Waals surface area contributed by atoms with E-state index in [9.17, 15) is 8.42 Å². The normalized spacial score (nSPS) is 12.2. The van der Waals surface area contributed by atoms with E-state index >= 15 is 0 Å². The Morgan fingerprint density at radius 3 is 2.88 bits per heavy atom. The van der Waals surface area contributed by atoms with E-state index in [0.29, 0.717) is 12.4 Å². The monoisotopic (exact) mass is 247 g/mol. The SMILES string of the molecule is CCCCN(C)S(=O)(=O)NCc1ncn[nH]1. The summed E-state index contributed by atoms with van der Waals surface area (Å²) in [6.45, 7) is 2.66. The summed E-state index contributed by atoms with van der Waals surface area (Å²) in [6, 6.07) is 0. The Morgan fingerprint density at radius 2 is 2.31 bits per heavy atom. The molecule has 1 aromatic heterocycles. The van der Waals surface area contributed by atoms with Crippen molar-refractivity contribution in [1.82, 2.24) is 24.2 Å². The summed E-state index contributed by atoms with van der Waals surface area (Å²) in [4.78, 5) is 3.83. The van der Waals surface area contributed by atoms with Crippen molar-refractivity contribution in [3.63, 3.8) is 0 Å². The first-order valence-electron chi connectivity index (χ1n) is 5.11. The lowest BCUT2D eigenvalue weighted by Crippen LogP contribution is -2.38. The predicted molar refractivity (Wildman–Crippen MR) is 59.7 cm³/mol. The van der Waals surface area contributed by atoms with Crippen molar-refractivity contribution < 1.29 is 8.42 Å². The fourth-order valence-electron chi connectivity index (χ4n) is 1.09. The highest BCUT2D eigenvalue weighted by atomic mass is 32.2. The molecule has 7 nitrogen and oxygen atoms in total. The number of aromatic nitrogens is 3. The number of nitrogens with one attached hydrogen (secondary N) is 2. The molecule has 0 atom stereocenters. The lowest BCUT2D eigenvalue weighted by Gasteiger charge is -2.16. The second-order valence-corrected chi connectivity index (χ2v) is 5.30. The van der Waals surface area contributed by atoms with E-state index in [1.807, 2.05) is 6.92 Å². The fourth-order valence-corrected chi connectivity index (χ4v) is 2.00. The zero-order valence-corrected chi connectivity index (χ0v) is 10.3. The molecule has 0 fully saturated rings. The number of hydrogen-bond acceptors (Lipinski definition) is 4. The highest BCUT2D eigenvalue weighted by Crippen LogP contribution is 1.98. The molecule has 0 aliphatic carbocycles. The van der Waals surface area contributed by atoms with E-state index in [0.717, 1.165) is 12.8 Å². The van der Waals surface area contributed by atoms with Gasteiger partial charge in [-0.2, -0.15) is 22.5 Å². The quantitative estimate of drug-likeness (QED) is 0.702. The molecule has 0 amide bonds. The van der Waals surface area contributed by atoms with Crippen LogP contribution >= 0.6 is 0 Å². The van der Waals surface area contributed by atoms with Gasteiger partial charge in [-0.05, 0) is 6.42 Å². The summed E-state index contributed by atoms with van der Waals surface area (Å²) < 4.78 is 27.1. The largest absolute Gasteiger partial charge is 0.279 e. The van der Waals surface area contributed by atoms with Gasteiger partial charge < -0.3 is 0 Å². The topological polar surface area (TPSA) is 91.0 Å². The third-order valence-corrected chi connectivity index (χ3v) is 3.64. The number of hydrogen-bond donors (Lipinski definition) is 2. The number of rotatable bonds is 7. The van der Waals surface area contributed by atoms with Crippen molar-refractivity contribution in [3.8, 4) is 0 Å². The highest BCUT2D eigenvalue weighted by molar-refractivity contribution is 7.87. The summed E-state index contributed by atoms with van der Waals surface area (Å²) in [7, 11) is -1.86. The minimum atomic E-state index is -3.41. The van der Waals surface area contributed by atoms with E-state index in [2.05, 4.69) is 19.9 Å². The van der Waals surface area contributed by atoms with Crippen LogP contribution in [0.3, 0.4) is 0 Å². The van der Waals surface area contributed by atoms with E-state index in [1.165, 1.54) is 10.6 Å². The lowest BCUT2D eigenvalue weighted by molar-refractivity contribution is 0.448. The van der Waals surface area contributed by atoms with Gasteiger partial charge in [-0.1, -0.05) is 13.3 Å².